The quantitative estimate of drug-likeness (QED) is 0.318. The number of fused-ring (bicyclic) bond motifs is 1. The van der Waals surface area contributed by atoms with Crippen LogP contribution in [0.1, 0.15) is 37.3 Å². The van der Waals surface area contributed by atoms with E-state index in [1.807, 2.05) is 48.4 Å². The van der Waals surface area contributed by atoms with Gasteiger partial charge in [0.05, 0.1) is 22.8 Å². The van der Waals surface area contributed by atoms with Crippen LogP contribution in [-0.2, 0) is 0 Å². The van der Waals surface area contributed by atoms with Crippen LogP contribution in [0.15, 0.2) is 42.9 Å². The van der Waals surface area contributed by atoms with Gasteiger partial charge in [0.1, 0.15) is 12.4 Å². The highest BCUT2D eigenvalue weighted by atomic mass is 32.2. The Labute approximate surface area is 205 Å². The van der Waals surface area contributed by atoms with Gasteiger partial charge in [-0.2, -0.15) is 16.9 Å². The average molecular weight is 478 g/mol. The summed E-state index contributed by atoms with van der Waals surface area (Å²) in [6, 6.07) is 7.85. The first-order chi connectivity index (χ1) is 16.6. The second-order valence-corrected chi connectivity index (χ2v) is 9.87. The SMILES string of the molecule is CC(C)c1cnnc(Nc2ccc3ncc(C(C=[NH+]CCCN4CCSCC4)=CN)cc3n2)c1. The minimum absolute atomic E-state index is 0.377. The zero-order valence-electron chi connectivity index (χ0n) is 19.9. The molecule has 0 saturated carbocycles. The zero-order chi connectivity index (χ0) is 23.8. The number of nitrogens with zero attached hydrogens (tertiary/aromatic N) is 5. The predicted octanol–water partition coefficient (Wildman–Crippen LogP) is 2.18. The summed E-state index contributed by atoms with van der Waals surface area (Å²) < 4.78 is 0. The van der Waals surface area contributed by atoms with Gasteiger partial charge in [0.2, 0.25) is 0 Å². The van der Waals surface area contributed by atoms with E-state index in [-0.39, 0.29) is 0 Å². The molecule has 1 saturated heterocycles. The van der Waals surface area contributed by atoms with E-state index in [0.717, 1.165) is 47.2 Å². The average Bonchev–Trinajstić information content (AvgIpc) is 2.86. The summed E-state index contributed by atoms with van der Waals surface area (Å²) in [5, 5.41) is 11.5. The molecule has 0 amide bonds. The van der Waals surface area contributed by atoms with Crippen molar-refractivity contribution in [1.82, 2.24) is 25.1 Å². The number of anilines is 2. The van der Waals surface area contributed by atoms with Crippen LogP contribution in [-0.4, -0.2) is 69.0 Å². The third kappa shape index (κ3) is 6.51. The number of thioether (sulfide) groups is 1. The fraction of sp³-hybridized carbons (Fsp3) is 0.400. The molecule has 0 aromatic carbocycles. The summed E-state index contributed by atoms with van der Waals surface area (Å²) in [6.07, 6.45) is 8.29. The molecule has 0 bridgehead atoms. The lowest BCUT2D eigenvalue weighted by atomic mass is 10.1. The first kappa shape index (κ1) is 24.1. The molecule has 9 heteroatoms. The van der Waals surface area contributed by atoms with Crippen LogP contribution in [0.25, 0.3) is 16.6 Å². The van der Waals surface area contributed by atoms with Crippen molar-refractivity contribution in [2.75, 3.05) is 43.0 Å². The van der Waals surface area contributed by atoms with E-state index in [2.05, 4.69) is 44.2 Å². The monoisotopic (exact) mass is 477 g/mol. The summed E-state index contributed by atoms with van der Waals surface area (Å²) in [4.78, 5) is 15.2. The van der Waals surface area contributed by atoms with Crippen LogP contribution in [0.5, 0.6) is 0 Å². The molecule has 0 aliphatic carbocycles. The van der Waals surface area contributed by atoms with Crippen LogP contribution < -0.4 is 16.0 Å². The molecular weight excluding hydrogens is 444 g/mol. The largest absolute Gasteiger partial charge is 0.404 e. The number of nitrogens with one attached hydrogen (secondary N) is 2. The van der Waals surface area contributed by atoms with Gasteiger partial charge in [-0.1, -0.05) is 13.8 Å². The van der Waals surface area contributed by atoms with Crippen molar-refractivity contribution in [2.24, 2.45) is 5.73 Å². The molecule has 1 aliphatic heterocycles. The molecule has 4 heterocycles. The number of rotatable bonds is 9. The third-order valence-corrected chi connectivity index (χ3v) is 6.75. The van der Waals surface area contributed by atoms with Gasteiger partial charge < -0.3 is 16.0 Å². The lowest BCUT2D eigenvalue weighted by Gasteiger charge is -2.25. The van der Waals surface area contributed by atoms with Gasteiger partial charge in [-0.25, -0.2) is 9.98 Å². The molecule has 34 heavy (non-hydrogen) atoms. The van der Waals surface area contributed by atoms with Crippen molar-refractivity contribution in [2.45, 2.75) is 26.2 Å². The highest BCUT2D eigenvalue weighted by Gasteiger charge is 2.10. The standard InChI is InChI=1S/C25H32N8S/c1-18(2)19-13-25(32-29-17-19)31-24-5-4-22-23(30-24)12-20(16-28-22)21(14-26)15-27-6-3-7-33-8-10-34-11-9-33/h4-5,12-18H,3,6-11,26H2,1-2H3,(H,30,31,32)/p+1. The van der Waals surface area contributed by atoms with Crippen LogP contribution in [0.4, 0.5) is 11.6 Å². The second kappa shape index (κ2) is 11.9. The van der Waals surface area contributed by atoms with Gasteiger partial charge in [-0.15, -0.1) is 5.10 Å². The summed E-state index contributed by atoms with van der Waals surface area (Å²) in [7, 11) is 0. The van der Waals surface area contributed by atoms with Crippen molar-refractivity contribution in [1.29, 1.82) is 0 Å². The first-order valence-electron chi connectivity index (χ1n) is 11.8. The lowest BCUT2D eigenvalue weighted by molar-refractivity contribution is -0.451. The van der Waals surface area contributed by atoms with Crippen molar-refractivity contribution in [3.8, 4) is 0 Å². The van der Waals surface area contributed by atoms with E-state index in [9.17, 15) is 0 Å². The molecule has 0 spiro atoms. The van der Waals surface area contributed by atoms with Crippen LogP contribution in [0.2, 0.25) is 0 Å². The van der Waals surface area contributed by atoms with E-state index >= 15 is 0 Å². The fourth-order valence-corrected chi connectivity index (χ4v) is 4.74. The molecule has 3 aromatic rings. The Hall–Kier alpha value is -3.04. The van der Waals surface area contributed by atoms with Crippen molar-refractivity contribution in [3.63, 3.8) is 0 Å². The Kier molecular flexibility index (Phi) is 8.43. The van der Waals surface area contributed by atoms with Gasteiger partial charge in [0.25, 0.3) is 0 Å². The maximum atomic E-state index is 5.93. The Balaban J connectivity index is 1.42. The van der Waals surface area contributed by atoms with Crippen LogP contribution in [0, 0.1) is 0 Å². The Bertz CT molecular complexity index is 1150. The Morgan fingerprint density at radius 1 is 1.18 bits per heavy atom. The maximum Gasteiger partial charge on any atom is 0.171 e. The Morgan fingerprint density at radius 2 is 2.03 bits per heavy atom. The number of nitrogens with two attached hydrogens (primary N) is 1. The van der Waals surface area contributed by atoms with E-state index in [4.69, 9.17) is 10.7 Å². The number of allylic oxidation sites excluding steroid dienone is 1. The summed E-state index contributed by atoms with van der Waals surface area (Å²) >= 11 is 2.04. The number of hydrogen-bond acceptors (Lipinski definition) is 8. The third-order valence-electron chi connectivity index (χ3n) is 5.81. The maximum absolute atomic E-state index is 5.93. The van der Waals surface area contributed by atoms with E-state index < -0.39 is 0 Å². The van der Waals surface area contributed by atoms with Gasteiger partial charge >= 0.3 is 0 Å². The minimum atomic E-state index is 0.377. The molecule has 178 valence electrons. The normalized spacial score (nSPS) is 15.4. The molecule has 3 aromatic heterocycles. The summed E-state index contributed by atoms with van der Waals surface area (Å²) in [5.74, 6) is 4.24. The second-order valence-electron chi connectivity index (χ2n) is 8.64. The molecule has 4 N–H and O–H groups in total. The summed E-state index contributed by atoms with van der Waals surface area (Å²) in [6.45, 7) is 8.69. The van der Waals surface area contributed by atoms with Crippen LogP contribution in [0.3, 0.4) is 0 Å². The van der Waals surface area contributed by atoms with Crippen molar-refractivity contribution < 1.29 is 4.99 Å². The molecular formula is C25H33N8S+. The topological polar surface area (TPSA) is 107 Å². The van der Waals surface area contributed by atoms with Crippen molar-refractivity contribution in [3.05, 3.63) is 54.0 Å². The predicted molar refractivity (Wildman–Crippen MR) is 141 cm³/mol. The highest BCUT2D eigenvalue weighted by Crippen LogP contribution is 2.21. The smallest absolute Gasteiger partial charge is 0.171 e. The van der Waals surface area contributed by atoms with Gasteiger partial charge in [-0.3, -0.25) is 4.98 Å². The molecule has 8 nitrogen and oxygen atoms in total. The molecule has 1 fully saturated rings. The summed E-state index contributed by atoms with van der Waals surface area (Å²) in [5.41, 5.74) is 10.5. The van der Waals surface area contributed by atoms with Gasteiger partial charge in [-0.05, 0) is 35.7 Å². The molecule has 0 radical (unpaired) electrons. The number of pyridine rings is 2. The zero-order valence-corrected chi connectivity index (χ0v) is 20.7. The fourth-order valence-electron chi connectivity index (χ4n) is 3.76. The van der Waals surface area contributed by atoms with Crippen molar-refractivity contribution >= 4 is 46.2 Å². The molecule has 4 rings (SSSR count). The van der Waals surface area contributed by atoms with E-state index in [1.54, 1.807) is 12.4 Å². The number of hydrogen-bond donors (Lipinski definition) is 3. The van der Waals surface area contributed by atoms with E-state index in [0.29, 0.717) is 17.6 Å². The highest BCUT2D eigenvalue weighted by molar-refractivity contribution is 7.99. The van der Waals surface area contributed by atoms with Gasteiger partial charge in [0, 0.05) is 55.5 Å². The molecule has 1 aliphatic rings. The molecule has 0 unspecified atom stereocenters. The van der Waals surface area contributed by atoms with Crippen LogP contribution >= 0.6 is 11.8 Å². The Morgan fingerprint density at radius 3 is 2.82 bits per heavy atom. The van der Waals surface area contributed by atoms with Gasteiger partial charge in [0.15, 0.2) is 12.0 Å². The minimum Gasteiger partial charge on any atom is -0.404 e. The number of aromatic nitrogens is 4. The molecule has 0 atom stereocenters. The van der Waals surface area contributed by atoms with E-state index in [1.165, 1.54) is 24.6 Å². The lowest BCUT2D eigenvalue weighted by Crippen LogP contribution is -2.69. The first-order valence-corrected chi connectivity index (χ1v) is 12.9.